The first-order valence-electron chi connectivity index (χ1n) is 12.8. The third kappa shape index (κ3) is 7.29. The molecule has 1 aromatic carbocycles. The fraction of sp³-hybridized carbons (Fsp3) is 0.517. The molecule has 5 atom stereocenters. The van der Waals surface area contributed by atoms with E-state index in [1.54, 1.807) is 25.4 Å². The largest absolute Gasteiger partial charge is 0.446 e. The Morgan fingerprint density at radius 3 is 2.61 bits per heavy atom. The third-order valence-corrected chi connectivity index (χ3v) is 7.51. The molecule has 2 fully saturated rings. The van der Waals surface area contributed by atoms with Crippen molar-refractivity contribution in [2.75, 3.05) is 6.61 Å². The minimum Gasteiger partial charge on any atom is -0.446 e. The van der Waals surface area contributed by atoms with Crippen LogP contribution < -0.4 is 10.6 Å². The number of rotatable bonds is 9. The lowest BCUT2D eigenvalue weighted by molar-refractivity contribution is -0.128. The molecule has 36 heavy (non-hydrogen) atoms. The fourth-order valence-electron chi connectivity index (χ4n) is 5.61. The van der Waals surface area contributed by atoms with Gasteiger partial charge in [0.2, 0.25) is 5.91 Å². The molecule has 2 aliphatic rings. The maximum atomic E-state index is 13.5. The van der Waals surface area contributed by atoms with Crippen molar-refractivity contribution in [2.45, 2.75) is 76.0 Å². The van der Waals surface area contributed by atoms with Gasteiger partial charge >= 0.3 is 6.09 Å². The summed E-state index contributed by atoms with van der Waals surface area (Å²) in [6.07, 6.45) is 10.1. The first-order chi connectivity index (χ1) is 16.9. The van der Waals surface area contributed by atoms with Crippen molar-refractivity contribution in [3.63, 3.8) is 0 Å². The molecule has 1 aromatic heterocycles. The Bertz CT molecular complexity index is 971. The smallest absolute Gasteiger partial charge is 0.408 e. The van der Waals surface area contributed by atoms with Gasteiger partial charge in [-0.2, -0.15) is 0 Å². The molecule has 1 heterocycles. The quantitative estimate of drug-likeness (QED) is 0.488. The van der Waals surface area contributed by atoms with E-state index in [1.165, 1.54) is 12.8 Å². The van der Waals surface area contributed by atoms with Crippen LogP contribution in [0, 0.1) is 19.3 Å². The Labute approximate surface area is 215 Å². The van der Waals surface area contributed by atoms with Gasteiger partial charge in [-0.15, -0.1) is 0 Å². The van der Waals surface area contributed by atoms with E-state index in [-0.39, 0.29) is 32.5 Å². The van der Waals surface area contributed by atoms with Crippen LogP contribution in [0.25, 0.3) is 0 Å². The number of amides is 2. The zero-order chi connectivity index (χ0) is 24.7. The standard InChI is InChI=1S/C28H37N3O4.CH2/c1-28(17-22-10-6-14-29-18-22,26(33)30-24(19-32)16-20-7-3-2-4-8-20)31-27(34)35-25-13-12-21-9-5-11-23(25)15-21;/h2-4,6-8,10,14,18,21,23-25,32H,5,9,11-13,15-17,19H2,1H3,(H,30,33)(H,31,34);1H2. The number of nitrogens with one attached hydrogen (secondary N) is 2. The molecular formula is C29H39N3O4. The highest BCUT2D eigenvalue weighted by atomic mass is 16.6. The van der Waals surface area contributed by atoms with Gasteiger partial charge in [-0.25, -0.2) is 4.79 Å². The van der Waals surface area contributed by atoms with Crippen molar-refractivity contribution >= 4 is 12.0 Å². The van der Waals surface area contributed by atoms with Crippen LogP contribution in [0.1, 0.15) is 56.6 Å². The summed E-state index contributed by atoms with van der Waals surface area (Å²) in [6, 6.07) is 12.9. The van der Waals surface area contributed by atoms with E-state index in [0.29, 0.717) is 12.3 Å². The highest BCUT2D eigenvalue weighted by molar-refractivity contribution is 5.90. The molecule has 2 amide bonds. The molecular weight excluding hydrogens is 454 g/mol. The van der Waals surface area contributed by atoms with Crippen molar-refractivity contribution in [3.05, 3.63) is 73.4 Å². The van der Waals surface area contributed by atoms with E-state index < -0.39 is 17.7 Å². The van der Waals surface area contributed by atoms with E-state index in [4.69, 9.17) is 4.74 Å². The highest BCUT2D eigenvalue weighted by Gasteiger charge is 2.40. The van der Waals surface area contributed by atoms with E-state index in [9.17, 15) is 14.7 Å². The van der Waals surface area contributed by atoms with Gasteiger partial charge in [0.15, 0.2) is 0 Å². The van der Waals surface area contributed by atoms with E-state index in [2.05, 4.69) is 15.6 Å². The van der Waals surface area contributed by atoms with Crippen LogP contribution in [0.5, 0.6) is 0 Å². The first-order valence-corrected chi connectivity index (χ1v) is 12.8. The minimum atomic E-state index is -1.27. The predicted molar refractivity (Wildman–Crippen MR) is 139 cm³/mol. The Balaban J connectivity index is 0.00000361. The Hall–Kier alpha value is -2.93. The molecule has 2 aliphatic carbocycles. The van der Waals surface area contributed by atoms with Gasteiger partial charge in [0.05, 0.1) is 12.6 Å². The summed E-state index contributed by atoms with van der Waals surface area (Å²) >= 11 is 0. The number of aliphatic hydroxyl groups excluding tert-OH is 1. The van der Waals surface area contributed by atoms with E-state index in [1.807, 2.05) is 36.4 Å². The van der Waals surface area contributed by atoms with Crippen molar-refractivity contribution in [3.8, 4) is 0 Å². The van der Waals surface area contributed by atoms with Crippen LogP contribution in [0.15, 0.2) is 54.9 Å². The average molecular weight is 494 g/mol. The number of fused-ring (bicyclic) bond motifs is 2. The maximum absolute atomic E-state index is 13.5. The number of hydrogen-bond acceptors (Lipinski definition) is 5. The lowest BCUT2D eigenvalue weighted by Gasteiger charge is -2.40. The number of carbonyl (C=O) groups excluding carboxylic acids is 2. The molecule has 0 saturated heterocycles. The van der Waals surface area contributed by atoms with Crippen LogP contribution in [0.3, 0.4) is 0 Å². The van der Waals surface area contributed by atoms with Crippen molar-refractivity contribution in [1.82, 2.24) is 15.6 Å². The average Bonchev–Trinajstić information content (AvgIpc) is 2.86. The number of aliphatic hydroxyl groups is 1. The van der Waals surface area contributed by atoms with Crippen LogP contribution in [-0.2, 0) is 22.4 Å². The number of aromatic nitrogens is 1. The second-order valence-corrected chi connectivity index (χ2v) is 10.4. The van der Waals surface area contributed by atoms with E-state index >= 15 is 0 Å². The number of nitrogens with zero attached hydrogens (tertiary/aromatic N) is 1. The van der Waals surface area contributed by atoms with Gasteiger partial charge in [0, 0.05) is 18.8 Å². The molecule has 194 valence electrons. The summed E-state index contributed by atoms with van der Waals surface area (Å²) in [7, 11) is 0. The lowest BCUT2D eigenvalue weighted by Crippen LogP contribution is -2.61. The van der Waals surface area contributed by atoms with Crippen LogP contribution >= 0.6 is 0 Å². The normalized spacial score (nSPS) is 23.3. The molecule has 2 radical (unpaired) electrons. The van der Waals surface area contributed by atoms with Gasteiger partial charge < -0.3 is 20.5 Å². The fourth-order valence-corrected chi connectivity index (χ4v) is 5.61. The third-order valence-electron chi connectivity index (χ3n) is 7.51. The van der Waals surface area contributed by atoms with Crippen LogP contribution in [-0.4, -0.2) is 46.4 Å². The van der Waals surface area contributed by atoms with Gasteiger partial charge in [-0.3, -0.25) is 9.78 Å². The summed E-state index contributed by atoms with van der Waals surface area (Å²) in [5.74, 6) is 0.810. The molecule has 0 spiro atoms. The van der Waals surface area contributed by atoms with Gasteiger partial charge in [-0.05, 0) is 68.1 Å². The summed E-state index contributed by atoms with van der Waals surface area (Å²) in [6.45, 7) is 1.49. The SMILES string of the molecule is CC(Cc1cccnc1)(NC(=O)OC1CCC2CCCC1C2)C(=O)NC(CO)Cc1ccccc1.[CH2]. The number of hydrogen-bond donors (Lipinski definition) is 3. The maximum Gasteiger partial charge on any atom is 0.408 e. The molecule has 5 unspecified atom stereocenters. The van der Waals surface area contributed by atoms with Gasteiger partial charge in [0.1, 0.15) is 11.6 Å². The molecule has 0 aliphatic heterocycles. The molecule has 7 heteroatoms. The van der Waals surface area contributed by atoms with E-state index in [0.717, 1.165) is 42.7 Å². The van der Waals surface area contributed by atoms with Gasteiger partial charge in [0.25, 0.3) is 0 Å². The Morgan fingerprint density at radius 2 is 1.89 bits per heavy atom. The highest BCUT2D eigenvalue weighted by Crippen LogP contribution is 2.41. The van der Waals surface area contributed by atoms with Crippen molar-refractivity contribution in [2.24, 2.45) is 11.8 Å². The topological polar surface area (TPSA) is 101 Å². The molecule has 3 N–H and O–H groups in total. The van der Waals surface area contributed by atoms with Crippen LogP contribution in [0.4, 0.5) is 4.79 Å². The van der Waals surface area contributed by atoms with Gasteiger partial charge in [-0.1, -0.05) is 56.7 Å². The molecule has 4 rings (SSSR count). The Kier molecular flexibility index (Phi) is 9.88. The lowest BCUT2D eigenvalue weighted by atomic mass is 9.71. The monoisotopic (exact) mass is 493 g/mol. The van der Waals surface area contributed by atoms with Crippen molar-refractivity contribution in [1.29, 1.82) is 0 Å². The number of ether oxygens (including phenoxy) is 1. The summed E-state index contributed by atoms with van der Waals surface area (Å²) in [5.41, 5.74) is 0.562. The zero-order valence-electron chi connectivity index (χ0n) is 21.2. The predicted octanol–water partition coefficient (Wildman–Crippen LogP) is 4.12. The van der Waals surface area contributed by atoms with Crippen LogP contribution in [0.2, 0.25) is 0 Å². The number of pyridine rings is 1. The Morgan fingerprint density at radius 1 is 1.11 bits per heavy atom. The number of carbonyl (C=O) groups is 2. The summed E-state index contributed by atoms with van der Waals surface area (Å²) in [4.78, 5) is 30.7. The minimum absolute atomic E-state index is 0. The molecule has 7 nitrogen and oxygen atoms in total. The summed E-state index contributed by atoms with van der Waals surface area (Å²) < 4.78 is 5.89. The molecule has 2 bridgehead atoms. The second-order valence-electron chi connectivity index (χ2n) is 10.4. The first kappa shape index (κ1) is 27.7. The second kappa shape index (κ2) is 12.9. The van der Waals surface area contributed by atoms with Crippen molar-refractivity contribution < 1.29 is 19.4 Å². The molecule has 2 saturated carbocycles. The zero-order valence-corrected chi connectivity index (χ0v) is 21.2. The number of benzene rings is 1. The number of alkyl carbamates (subject to hydrolysis) is 1. The summed E-state index contributed by atoms with van der Waals surface area (Å²) in [5, 5.41) is 15.8. The molecule has 2 aromatic rings.